The van der Waals surface area contributed by atoms with Crippen molar-refractivity contribution in [3.63, 3.8) is 0 Å². The molecule has 0 radical (unpaired) electrons. The number of phenols is 1. The lowest BCUT2D eigenvalue weighted by atomic mass is 10.1. The molecular formula is C19H27NO2. The van der Waals surface area contributed by atoms with E-state index < -0.39 is 0 Å². The summed E-state index contributed by atoms with van der Waals surface area (Å²) >= 11 is 0. The standard InChI is InChI=1S/C13H21NO.C6H6O/c1-11(14-12(2)10-15)8-9-13-6-4-3-5-7-13;7-6-4-2-1-3-5-6/h3-7,11-12,14-15H,8-10H2,1-2H3;1-5,7H. The molecule has 0 aromatic heterocycles. The Labute approximate surface area is 133 Å². The minimum atomic E-state index is 0.191. The second-order valence-corrected chi connectivity index (χ2v) is 5.51. The van der Waals surface area contributed by atoms with Crippen LogP contribution in [0.15, 0.2) is 60.7 Å². The third kappa shape index (κ3) is 8.45. The molecule has 0 saturated heterocycles. The monoisotopic (exact) mass is 301 g/mol. The van der Waals surface area contributed by atoms with E-state index in [-0.39, 0.29) is 12.6 Å². The molecule has 0 saturated carbocycles. The molecule has 3 N–H and O–H groups in total. The number of aryl methyl sites for hydroxylation is 1. The number of hydrogen-bond acceptors (Lipinski definition) is 3. The van der Waals surface area contributed by atoms with Crippen LogP contribution in [0, 0.1) is 0 Å². The molecule has 2 unspecified atom stereocenters. The lowest BCUT2D eigenvalue weighted by molar-refractivity contribution is 0.241. The zero-order valence-electron chi connectivity index (χ0n) is 13.4. The maximum absolute atomic E-state index is 8.91. The molecule has 3 heteroatoms. The van der Waals surface area contributed by atoms with Gasteiger partial charge in [-0.2, -0.15) is 0 Å². The molecule has 0 bridgehead atoms. The van der Waals surface area contributed by atoms with Crippen molar-refractivity contribution in [2.45, 2.75) is 38.8 Å². The van der Waals surface area contributed by atoms with Crippen LogP contribution in [0.3, 0.4) is 0 Å². The molecule has 0 aliphatic carbocycles. The first-order valence-electron chi connectivity index (χ1n) is 7.76. The molecular weight excluding hydrogens is 274 g/mol. The number of benzene rings is 2. The van der Waals surface area contributed by atoms with Crippen LogP contribution < -0.4 is 5.32 Å². The Morgan fingerprint density at radius 2 is 1.41 bits per heavy atom. The summed E-state index contributed by atoms with van der Waals surface area (Å²) in [6.07, 6.45) is 2.20. The Kier molecular flexibility index (Phi) is 8.96. The largest absolute Gasteiger partial charge is 0.508 e. The fourth-order valence-corrected chi connectivity index (χ4v) is 2.08. The summed E-state index contributed by atoms with van der Waals surface area (Å²) in [5.74, 6) is 0.322. The molecule has 0 fully saturated rings. The van der Waals surface area contributed by atoms with E-state index in [0.717, 1.165) is 12.8 Å². The molecule has 0 aliphatic heterocycles. The molecule has 120 valence electrons. The summed E-state index contributed by atoms with van der Waals surface area (Å²) in [6, 6.07) is 19.9. The average Bonchev–Trinajstić information content (AvgIpc) is 2.55. The van der Waals surface area contributed by atoms with Gasteiger partial charge in [-0.05, 0) is 44.4 Å². The Bertz CT molecular complexity index is 487. The Morgan fingerprint density at radius 1 is 0.864 bits per heavy atom. The van der Waals surface area contributed by atoms with E-state index >= 15 is 0 Å². The first-order valence-corrected chi connectivity index (χ1v) is 7.76. The summed E-state index contributed by atoms with van der Waals surface area (Å²) in [5, 5.41) is 20.9. The smallest absolute Gasteiger partial charge is 0.115 e. The van der Waals surface area contributed by atoms with E-state index in [4.69, 9.17) is 10.2 Å². The Balaban J connectivity index is 0.000000287. The number of phenolic OH excluding ortho intramolecular Hbond substituents is 1. The van der Waals surface area contributed by atoms with Gasteiger partial charge >= 0.3 is 0 Å². The SMILES string of the molecule is CC(CO)NC(C)CCc1ccccc1.Oc1ccccc1. The maximum atomic E-state index is 8.91. The summed E-state index contributed by atoms with van der Waals surface area (Å²) < 4.78 is 0. The number of rotatable bonds is 6. The molecule has 0 heterocycles. The fraction of sp³-hybridized carbons (Fsp3) is 0.368. The third-order valence-corrected chi connectivity index (χ3v) is 3.31. The number of nitrogens with one attached hydrogen (secondary N) is 1. The number of aliphatic hydroxyl groups is 1. The summed E-state index contributed by atoms with van der Waals surface area (Å²) in [6.45, 7) is 4.36. The molecule has 2 aromatic carbocycles. The van der Waals surface area contributed by atoms with Gasteiger partial charge in [0.1, 0.15) is 5.75 Å². The summed E-state index contributed by atoms with van der Waals surface area (Å²) in [7, 11) is 0. The van der Waals surface area contributed by atoms with Crippen molar-refractivity contribution in [1.82, 2.24) is 5.32 Å². The van der Waals surface area contributed by atoms with Crippen LogP contribution in [0.4, 0.5) is 0 Å². The normalized spacial score (nSPS) is 12.9. The zero-order valence-corrected chi connectivity index (χ0v) is 13.4. The first-order chi connectivity index (χ1) is 10.6. The molecule has 3 nitrogen and oxygen atoms in total. The molecule has 2 aromatic rings. The molecule has 0 amide bonds. The fourth-order valence-electron chi connectivity index (χ4n) is 2.08. The van der Waals surface area contributed by atoms with Crippen LogP contribution in [-0.4, -0.2) is 28.9 Å². The second-order valence-electron chi connectivity index (χ2n) is 5.51. The average molecular weight is 301 g/mol. The van der Waals surface area contributed by atoms with Crippen molar-refractivity contribution < 1.29 is 10.2 Å². The number of hydrogen-bond donors (Lipinski definition) is 3. The minimum absolute atomic E-state index is 0.191. The van der Waals surface area contributed by atoms with Crippen molar-refractivity contribution in [2.24, 2.45) is 0 Å². The highest BCUT2D eigenvalue weighted by molar-refractivity contribution is 5.18. The van der Waals surface area contributed by atoms with Gasteiger partial charge in [0.25, 0.3) is 0 Å². The van der Waals surface area contributed by atoms with Crippen molar-refractivity contribution in [3.8, 4) is 5.75 Å². The van der Waals surface area contributed by atoms with Crippen molar-refractivity contribution >= 4 is 0 Å². The van der Waals surface area contributed by atoms with Gasteiger partial charge < -0.3 is 15.5 Å². The summed E-state index contributed by atoms with van der Waals surface area (Å²) in [5.41, 5.74) is 1.38. The van der Waals surface area contributed by atoms with E-state index in [1.165, 1.54) is 5.56 Å². The van der Waals surface area contributed by atoms with E-state index in [2.05, 4.69) is 36.5 Å². The third-order valence-electron chi connectivity index (χ3n) is 3.31. The van der Waals surface area contributed by atoms with Gasteiger partial charge in [-0.1, -0.05) is 48.5 Å². The predicted molar refractivity (Wildman–Crippen MR) is 92.0 cm³/mol. The van der Waals surface area contributed by atoms with Gasteiger partial charge in [0.2, 0.25) is 0 Å². The number of para-hydroxylation sites is 1. The highest BCUT2D eigenvalue weighted by Crippen LogP contribution is 2.05. The molecule has 22 heavy (non-hydrogen) atoms. The van der Waals surface area contributed by atoms with Gasteiger partial charge in [0, 0.05) is 12.1 Å². The zero-order chi connectivity index (χ0) is 16.2. The van der Waals surface area contributed by atoms with Gasteiger partial charge in [-0.15, -0.1) is 0 Å². The topological polar surface area (TPSA) is 52.5 Å². The highest BCUT2D eigenvalue weighted by Gasteiger charge is 2.05. The van der Waals surface area contributed by atoms with Gasteiger partial charge in [-0.25, -0.2) is 0 Å². The van der Waals surface area contributed by atoms with E-state index in [1.54, 1.807) is 24.3 Å². The van der Waals surface area contributed by atoms with Crippen LogP contribution in [0.2, 0.25) is 0 Å². The molecule has 2 rings (SSSR count). The van der Waals surface area contributed by atoms with Crippen molar-refractivity contribution in [2.75, 3.05) is 6.61 Å². The quantitative estimate of drug-likeness (QED) is 0.767. The van der Waals surface area contributed by atoms with E-state index in [0.29, 0.717) is 11.8 Å². The predicted octanol–water partition coefficient (Wildman–Crippen LogP) is 3.37. The number of aliphatic hydroxyl groups excluding tert-OH is 1. The van der Waals surface area contributed by atoms with E-state index in [9.17, 15) is 0 Å². The van der Waals surface area contributed by atoms with E-state index in [1.807, 2.05) is 19.1 Å². The first kappa shape index (κ1) is 18.2. The van der Waals surface area contributed by atoms with Crippen LogP contribution in [0.25, 0.3) is 0 Å². The van der Waals surface area contributed by atoms with Crippen LogP contribution >= 0.6 is 0 Å². The summed E-state index contributed by atoms with van der Waals surface area (Å²) in [4.78, 5) is 0. The lowest BCUT2D eigenvalue weighted by Gasteiger charge is -2.18. The van der Waals surface area contributed by atoms with Crippen LogP contribution in [0.1, 0.15) is 25.8 Å². The van der Waals surface area contributed by atoms with Crippen molar-refractivity contribution in [3.05, 3.63) is 66.2 Å². The number of aromatic hydroxyl groups is 1. The highest BCUT2D eigenvalue weighted by atomic mass is 16.3. The van der Waals surface area contributed by atoms with Crippen LogP contribution in [-0.2, 0) is 6.42 Å². The lowest BCUT2D eigenvalue weighted by Crippen LogP contribution is -2.36. The molecule has 2 atom stereocenters. The molecule has 0 aliphatic rings. The second kappa shape index (κ2) is 10.8. The van der Waals surface area contributed by atoms with Crippen LogP contribution in [0.5, 0.6) is 5.75 Å². The van der Waals surface area contributed by atoms with Crippen molar-refractivity contribution in [1.29, 1.82) is 0 Å². The maximum Gasteiger partial charge on any atom is 0.115 e. The Hall–Kier alpha value is -1.84. The molecule has 0 spiro atoms. The van der Waals surface area contributed by atoms with Gasteiger partial charge in [0.05, 0.1) is 6.61 Å². The minimum Gasteiger partial charge on any atom is -0.508 e. The van der Waals surface area contributed by atoms with Gasteiger partial charge in [-0.3, -0.25) is 0 Å². The van der Waals surface area contributed by atoms with Gasteiger partial charge in [0.15, 0.2) is 0 Å². The Morgan fingerprint density at radius 3 is 1.86 bits per heavy atom.